The molecule has 0 aliphatic rings. The van der Waals surface area contributed by atoms with E-state index in [1.54, 1.807) is 12.1 Å². The molecule has 1 N–H and O–H groups in total. The molecule has 0 aliphatic heterocycles. The Hall–Kier alpha value is -2.05. The third-order valence-corrected chi connectivity index (χ3v) is 5.17. The second-order valence-electron chi connectivity index (χ2n) is 6.61. The molecule has 5 nitrogen and oxygen atoms in total. The SMILES string of the molecule is CC(C)Oc1ccc(S(=O)(=O)NCCOc2cccc(C(C)C)c2)cc1. The quantitative estimate of drug-likeness (QED) is 0.672. The molecule has 142 valence electrons. The summed E-state index contributed by atoms with van der Waals surface area (Å²) >= 11 is 0. The van der Waals surface area contributed by atoms with Gasteiger partial charge in [-0.05, 0) is 61.7 Å². The zero-order valence-corrected chi connectivity index (χ0v) is 16.5. The van der Waals surface area contributed by atoms with Gasteiger partial charge >= 0.3 is 0 Å². The van der Waals surface area contributed by atoms with Gasteiger partial charge in [0.05, 0.1) is 11.0 Å². The monoisotopic (exact) mass is 377 g/mol. The minimum Gasteiger partial charge on any atom is -0.492 e. The van der Waals surface area contributed by atoms with Gasteiger partial charge in [0.1, 0.15) is 18.1 Å². The average molecular weight is 378 g/mol. The van der Waals surface area contributed by atoms with E-state index in [1.165, 1.54) is 17.7 Å². The maximum Gasteiger partial charge on any atom is 0.240 e. The first kappa shape index (κ1) is 20.3. The first-order valence-electron chi connectivity index (χ1n) is 8.77. The Morgan fingerprint density at radius 3 is 2.27 bits per heavy atom. The average Bonchev–Trinajstić information content (AvgIpc) is 2.59. The van der Waals surface area contributed by atoms with Crippen LogP contribution in [0.2, 0.25) is 0 Å². The van der Waals surface area contributed by atoms with Gasteiger partial charge in [-0.25, -0.2) is 13.1 Å². The summed E-state index contributed by atoms with van der Waals surface area (Å²) < 4.78 is 38.3. The zero-order chi connectivity index (χ0) is 19.2. The highest BCUT2D eigenvalue weighted by Crippen LogP contribution is 2.20. The number of nitrogens with one attached hydrogen (secondary N) is 1. The maximum atomic E-state index is 12.3. The molecule has 0 bridgehead atoms. The van der Waals surface area contributed by atoms with Crippen LogP contribution in [0.1, 0.15) is 39.2 Å². The summed E-state index contributed by atoms with van der Waals surface area (Å²) in [5.41, 5.74) is 1.19. The van der Waals surface area contributed by atoms with Gasteiger partial charge in [0.15, 0.2) is 0 Å². The lowest BCUT2D eigenvalue weighted by molar-refractivity contribution is 0.242. The van der Waals surface area contributed by atoms with E-state index < -0.39 is 10.0 Å². The third kappa shape index (κ3) is 6.04. The van der Waals surface area contributed by atoms with E-state index in [9.17, 15) is 8.42 Å². The van der Waals surface area contributed by atoms with Crippen LogP contribution in [-0.2, 0) is 10.0 Å². The molecule has 0 radical (unpaired) electrons. The second kappa shape index (κ2) is 9.05. The number of hydrogen-bond donors (Lipinski definition) is 1. The Bertz CT molecular complexity index is 799. The minimum atomic E-state index is -3.57. The van der Waals surface area contributed by atoms with Crippen LogP contribution in [0.3, 0.4) is 0 Å². The van der Waals surface area contributed by atoms with E-state index >= 15 is 0 Å². The molecule has 2 aromatic rings. The number of benzene rings is 2. The molecule has 2 rings (SSSR count). The highest BCUT2D eigenvalue weighted by molar-refractivity contribution is 7.89. The van der Waals surface area contributed by atoms with Gasteiger partial charge in [0, 0.05) is 6.54 Å². The minimum absolute atomic E-state index is 0.0435. The van der Waals surface area contributed by atoms with Gasteiger partial charge in [0.2, 0.25) is 10.0 Å². The van der Waals surface area contributed by atoms with E-state index in [4.69, 9.17) is 9.47 Å². The van der Waals surface area contributed by atoms with Crippen molar-refractivity contribution in [2.24, 2.45) is 0 Å². The molecule has 0 fully saturated rings. The smallest absolute Gasteiger partial charge is 0.240 e. The van der Waals surface area contributed by atoms with Crippen LogP contribution in [0.25, 0.3) is 0 Å². The third-order valence-electron chi connectivity index (χ3n) is 3.69. The van der Waals surface area contributed by atoms with Crippen LogP contribution in [0, 0.1) is 0 Å². The fraction of sp³-hybridized carbons (Fsp3) is 0.400. The fourth-order valence-electron chi connectivity index (χ4n) is 2.36. The number of sulfonamides is 1. The number of ether oxygens (including phenoxy) is 2. The van der Waals surface area contributed by atoms with Gasteiger partial charge in [-0.1, -0.05) is 26.0 Å². The Morgan fingerprint density at radius 2 is 1.65 bits per heavy atom. The number of rotatable bonds is 9. The molecule has 2 aromatic carbocycles. The molecule has 0 heterocycles. The topological polar surface area (TPSA) is 64.6 Å². The van der Waals surface area contributed by atoms with Crippen molar-refractivity contribution in [2.45, 2.75) is 44.6 Å². The van der Waals surface area contributed by atoms with Crippen LogP contribution in [0.15, 0.2) is 53.4 Å². The molecule has 0 aliphatic carbocycles. The predicted octanol–water partition coefficient (Wildman–Crippen LogP) is 3.95. The van der Waals surface area contributed by atoms with Gasteiger partial charge in [-0.3, -0.25) is 0 Å². The van der Waals surface area contributed by atoms with Crippen LogP contribution in [-0.4, -0.2) is 27.7 Å². The lowest BCUT2D eigenvalue weighted by atomic mass is 10.0. The summed E-state index contributed by atoms with van der Waals surface area (Å²) in [4.78, 5) is 0.204. The predicted molar refractivity (Wildman–Crippen MR) is 103 cm³/mol. The summed E-state index contributed by atoms with van der Waals surface area (Å²) in [6.07, 6.45) is 0.0435. The van der Waals surface area contributed by atoms with Crippen LogP contribution in [0.4, 0.5) is 0 Å². The van der Waals surface area contributed by atoms with E-state index in [-0.39, 0.29) is 24.2 Å². The standard InChI is InChI=1S/C20H27NO4S/c1-15(2)17-6-5-7-19(14-17)24-13-12-21-26(22,23)20-10-8-18(9-11-20)25-16(3)4/h5-11,14-16,21H,12-13H2,1-4H3. The lowest BCUT2D eigenvalue weighted by Gasteiger charge is -2.12. The van der Waals surface area contributed by atoms with E-state index in [0.717, 1.165) is 5.75 Å². The molecule has 0 amide bonds. The van der Waals surface area contributed by atoms with Gasteiger partial charge < -0.3 is 9.47 Å². The molecule has 0 saturated heterocycles. The Balaban J connectivity index is 1.87. The molecule has 0 unspecified atom stereocenters. The van der Waals surface area contributed by atoms with E-state index in [0.29, 0.717) is 11.7 Å². The molecule has 0 saturated carbocycles. The summed E-state index contributed by atoms with van der Waals surface area (Å²) in [5.74, 6) is 1.80. The van der Waals surface area contributed by atoms with Crippen LogP contribution in [0.5, 0.6) is 11.5 Å². The molecular weight excluding hydrogens is 350 g/mol. The molecular formula is C20H27NO4S. The summed E-state index contributed by atoms with van der Waals surface area (Å²) in [6, 6.07) is 14.2. The maximum absolute atomic E-state index is 12.3. The van der Waals surface area contributed by atoms with Crippen molar-refractivity contribution in [3.8, 4) is 11.5 Å². The molecule has 0 aromatic heterocycles. The van der Waals surface area contributed by atoms with Gasteiger partial charge in [0.25, 0.3) is 0 Å². The van der Waals surface area contributed by atoms with Crippen molar-refractivity contribution in [3.05, 3.63) is 54.1 Å². The Kier molecular flexibility index (Phi) is 7.06. The molecule has 0 atom stereocenters. The van der Waals surface area contributed by atoms with Crippen molar-refractivity contribution in [1.29, 1.82) is 0 Å². The van der Waals surface area contributed by atoms with E-state index in [2.05, 4.69) is 18.6 Å². The van der Waals surface area contributed by atoms with E-state index in [1.807, 2.05) is 38.1 Å². The van der Waals surface area contributed by atoms with Gasteiger partial charge in [-0.2, -0.15) is 0 Å². The summed E-state index contributed by atoms with van der Waals surface area (Å²) in [7, 11) is -3.57. The highest BCUT2D eigenvalue weighted by Gasteiger charge is 2.13. The molecule has 26 heavy (non-hydrogen) atoms. The van der Waals surface area contributed by atoms with Crippen LogP contribution < -0.4 is 14.2 Å². The fourth-order valence-corrected chi connectivity index (χ4v) is 3.37. The Labute approximate surface area is 156 Å². The van der Waals surface area contributed by atoms with Crippen molar-refractivity contribution in [1.82, 2.24) is 4.72 Å². The van der Waals surface area contributed by atoms with Crippen molar-refractivity contribution >= 4 is 10.0 Å². The van der Waals surface area contributed by atoms with Gasteiger partial charge in [-0.15, -0.1) is 0 Å². The molecule has 0 spiro atoms. The number of hydrogen-bond acceptors (Lipinski definition) is 4. The lowest BCUT2D eigenvalue weighted by Crippen LogP contribution is -2.28. The van der Waals surface area contributed by atoms with Crippen molar-refractivity contribution < 1.29 is 17.9 Å². The normalized spacial score (nSPS) is 11.8. The zero-order valence-electron chi connectivity index (χ0n) is 15.7. The summed E-state index contributed by atoms with van der Waals surface area (Å²) in [6.45, 7) is 8.52. The Morgan fingerprint density at radius 1 is 0.962 bits per heavy atom. The first-order chi connectivity index (χ1) is 12.3. The second-order valence-corrected chi connectivity index (χ2v) is 8.38. The summed E-state index contributed by atoms with van der Waals surface area (Å²) in [5, 5.41) is 0. The highest BCUT2D eigenvalue weighted by atomic mass is 32.2. The largest absolute Gasteiger partial charge is 0.492 e. The van der Waals surface area contributed by atoms with Crippen molar-refractivity contribution in [2.75, 3.05) is 13.2 Å². The van der Waals surface area contributed by atoms with Crippen LogP contribution >= 0.6 is 0 Å². The first-order valence-corrected chi connectivity index (χ1v) is 10.3. The van der Waals surface area contributed by atoms with Crippen molar-refractivity contribution in [3.63, 3.8) is 0 Å². The molecule has 6 heteroatoms.